The second-order valence-corrected chi connectivity index (χ2v) is 13.0. The topological polar surface area (TPSA) is 74.2 Å². The molecule has 0 heterocycles. The predicted molar refractivity (Wildman–Crippen MR) is 152 cm³/mol. The van der Waals surface area contributed by atoms with E-state index in [1.54, 1.807) is 47.6 Å². The first-order valence-electron chi connectivity index (χ1n) is 13.0. The minimum atomic E-state index is -3.97. The van der Waals surface area contributed by atoms with Crippen LogP contribution in [0, 0.1) is 6.92 Å². The third kappa shape index (κ3) is 9.94. The summed E-state index contributed by atoms with van der Waals surface area (Å²) in [5.41, 5.74) is 3.58. The van der Waals surface area contributed by atoms with E-state index in [0.717, 1.165) is 53.5 Å². The van der Waals surface area contributed by atoms with E-state index in [2.05, 4.69) is 13.5 Å². The van der Waals surface area contributed by atoms with Crippen molar-refractivity contribution in [3.05, 3.63) is 53.6 Å². The molecule has 6 nitrogen and oxygen atoms in total. The van der Waals surface area contributed by atoms with Crippen LogP contribution in [0.4, 0.5) is 0 Å². The molecular formula is C30H45O6P. The van der Waals surface area contributed by atoms with Crippen LogP contribution in [-0.2, 0) is 24.6 Å². The molecule has 0 saturated heterocycles. The summed E-state index contributed by atoms with van der Waals surface area (Å²) < 4.78 is 36.6. The van der Waals surface area contributed by atoms with Gasteiger partial charge in [-0.1, -0.05) is 55.7 Å². The number of rotatable bonds is 12. The number of aromatic hydroxyl groups is 1. The fourth-order valence-corrected chi connectivity index (χ4v) is 5.56. The first-order valence-corrected chi connectivity index (χ1v) is 14.4. The number of phosphoric acid groups is 1. The first-order chi connectivity index (χ1) is 17.0. The highest BCUT2D eigenvalue weighted by atomic mass is 31.2. The van der Waals surface area contributed by atoms with Crippen LogP contribution >= 0.6 is 7.82 Å². The van der Waals surface area contributed by atoms with Gasteiger partial charge >= 0.3 is 7.82 Å². The number of phosphoric ester groups is 1. The molecule has 0 radical (unpaired) electrons. The van der Waals surface area contributed by atoms with E-state index < -0.39 is 19.0 Å². The number of hydrogen-bond acceptors (Lipinski definition) is 6. The van der Waals surface area contributed by atoms with Gasteiger partial charge < -0.3 is 9.84 Å². The molecule has 0 aliphatic rings. The Kier molecular flexibility index (Phi) is 10.6. The average Bonchev–Trinajstić information content (AvgIpc) is 2.70. The minimum absolute atomic E-state index is 0.108. The van der Waals surface area contributed by atoms with Gasteiger partial charge in [0.15, 0.2) is 6.79 Å². The van der Waals surface area contributed by atoms with E-state index in [9.17, 15) is 9.67 Å². The molecular weight excluding hydrogens is 487 g/mol. The summed E-state index contributed by atoms with van der Waals surface area (Å²) >= 11 is 0. The van der Waals surface area contributed by atoms with Gasteiger partial charge in [-0.15, -0.1) is 0 Å². The molecule has 0 fully saturated rings. The summed E-state index contributed by atoms with van der Waals surface area (Å²) in [4.78, 5) is 0. The Morgan fingerprint density at radius 1 is 1.00 bits per heavy atom. The molecule has 37 heavy (non-hydrogen) atoms. The lowest BCUT2D eigenvalue weighted by Crippen LogP contribution is -2.25. The van der Waals surface area contributed by atoms with Crippen LogP contribution in [0.3, 0.4) is 0 Å². The maximum absolute atomic E-state index is 13.5. The molecule has 0 saturated carbocycles. The highest BCUT2D eigenvalue weighted by Gasteiger charge is 2.37. The summed E-state index contributed by atoms with van der Waals surface area (Å²) in [5.74, 6) is 0.537. The minimum Gasteiger partial charge on any atom is -0.507 e. The summed E-state index contributed by atoms with van der Waals surface area (Å²) in [5, 5.41) is 11.2. The third-order valence-corrected chi connectivity index (χ3v) is 7.28. The number of benzene rings is 2. The fourth-order valence-electron chi connectivity index (χ4n) is 3.90. The zero-order chi connectivity index (χ0) is 28.0. The van der Waals surface area contributed by atoms with E-state index in [1.165, 1.54) is 0 Å². The predicted octanol–water partition coefficient (Wildman–Crippen LogP) is 9.22. The van der Waals surface area contributed by atoms with Crippen molar-refractivity contribution in [3.8, 4) is 22.6 Å². The van der Waals surface area contributed by atoms with Gasteiger partial charge in [0.2, 0.25) is 0 Å². The van der Waals surface area contributed by atoms with Crippen LogP contribution in [0.25, 0.3) is 16.7 Å². The highest BCUT2D eigenvalue weighted by Crippen LogP contribution is 2.55. The van der Waals surface area contributed by atoms with Crippen LogP contribution in [0.1, 0.15) is 91.3 Å². The number of unbranched alkanes of at least 4 members (excludes halogenated alkanes) is 2. The van der Waals surface area contributed by atoms with E-state index in [0.29, 0.717) is 11.3 Å². The van der Waals surface area contributed by atoms with Crippen molar-refractivity contribution in [3.63, 3.8) is 0 Å². The normalized spacial score (nSPS) is 12.6. The molecule has 0 aromatic heterocycles. The van der Waals surface area contributed by atoms with Gasteiger partial charge in [-0.25, -0.2) is 9.09 Å². The van der Waals surface area contributed by atoms with Gasteiger partial charge in [0.25, 0.3) is 0 Å². The van der Waals surface area contributed by atoms with Crippen molar-refractivity contribution >= 4 is 13.4 Å². The zero-order valence-electron chi connectivity index (χ0n) is 24.1. The van der Waals surface area contributed by atoms with Crippen molar-refractivity contribution in [1.82, 2.24) is 0 Å². The molecule has 2 rings (SSSR count). The molecule has 7 heteroatoms. The molecule has 0 spiro atoms. The number of hydrogen-bond donors (Lipinski definition) is 1. The average molecular weight is 533 g/mol. The fraction of sp³-hybridized carbons (Fsp3) is 0.533. The van der Waals surface area contributed by atoms with E-state index in [4.69, 9.17) is 18.3 Å². The molecule has 206 valence electrons. The van der Waals surface area contributed by atoms with Crippen LogP contribution in [0.2, 0.25) is 0 Å². The molecule has 0 aliphatic carbocycles. The quantitative estimate of drug-likeness (QED) is 0.167. The Hall–Kier alpha value is -2.11. The molecule has 0 aliphatic heterocycles. The van der Waals surface area contributed by atoms with Crippen molar-refractivity contribution in [1.29, 1.82) is 0 Å². The summed E-state index contributed by atoms with van der Waals surface area (Å²) in [7, 11) is -3.97. The van der Waals surface area contributed by atoms with E-state index in [-0.39, 0.29) is 12.5 Å². The van der Waals surface area contributed by atoms with Crippen LogP contribution in [0.15, 0.2) is 36.9 Å². The van der Waals surface area contributed by atoms with Gasteiger partial charge in [0, 0.05) is 0 Å². The van der Waals surface area contributed by atoms with Gasteiger partial charge in [-0.2, -0.15) is 0 Å². The van der Waals surface area contributed by atoms with Gasteiger partial charge in [0.05, 0.1) is 16.8 Å². The second-order valence-electron chi connectivity index (χ2n) is 11.5. The van der Waals surface area contributed by atoms with Crippen molar-refractivity contribution in [2.45, 2.75) is 99.2 Å². The Bertz CT molecular complexity index is 1100. The SMILES string of the molecule is C=C(C)c1ccc(C)cc1-c1c(O)cc(CCCCC)cc1OCOP(=O)(OC(C)(C)C)OC(C)(C)C. The van der Waals surface area contributed by atoms with Crippen LogP contribution in [-0.4, -0.2) is 23.1 Å². The molecule has 1 N–H and O–H groups in total. The molecule has 0 unspecified atom stereocenters. The lowest BCUT2D eigenvalue weighted by Gasteiger charge is -2.30. The van der Waals surface area contributed by atoms with Crippen molar-refractivity contribution in [2.24, 2.45) is 0 Å². The second kappa shape index (κ2) is 12.6. The molecule has 0 amide bonds. The summed E-state index contributed by atoms with van der Waals surface area (Å²) in [6.07, 6.45) is 4.00. The Morgan fingerprint density at radius 3 is 2.16 bits per heavy atom. The summed E-state index contributed by atoms with van der Waals surface area (Å²) in [6.45, 7) is 20.5. The number of allylic oxidation sites excluding steroid dienone is 1. The Balaban J connectivity index is 2.49. The van der Waals surface area contributed by atoms with Gasteiger partial charge in [-0.3, -0.25) is 9.05 Å². The largest absolute Gasteiger partial charge is 0.507 e. The third-order valence-electron chi connectivity index (χ3n) is 5.31. The maximum Gasteiger partial charge on any atom is 0.478 e. The highest BCUT2D eigenvalue weighted by molar-refractivity contribution is 7.48. The van der Waals surface area contributed by atoms with Crippen molar-refractivity contribution < 1.29 is 28.0 Å². The van der Waals surface area contributed by atoms with Crippen LogP contribution < -0.4 is 4.74 Å². The van der Waals surface area contributed by atoms with Gasteiger partial charge in [0.1, 0.15) is 11.5 Å². The molecule has 2 aromatic rings. The molecule has 0 bridgehead atoms. The number of aryl methyl sites for hydroxylation is 2. The van der Waals surface area contributed by atoms with Crippen molar-refractivity contribution in [2.75, 3.05) is 6.79 Å². The lowest BCUT2D eigenvalue weighted by atomic mass is 9.91. The zero-order valence-corrected chi connectivity index (χ0v) is 25.0. The smallest absolute Gasteiger partial charge is 0.478 e. The number of phenolic OH excluding ortho intramolecular Hbond substituents is 1. The van der Waals surface area contributed by atoms with Crippen LogP contribution in [0.5, 0.6) is 11.5 Å². The summed E-state index contributed by atoms with van der Waals surface area (Å²) in [6, 6.07) is 9.71. The lowest BCUT2D eigenvalue weighted by molar-refractivity contribution is -0.0188. The Labute approximate surface area is 223 Å². The standard InChI is InChI=1S/C30H45O6P/c1-11-12-13-14-23-18-26(31)28(25-17-22(4)15-16-24(25)21(2)3)27(19-23)33-20-34-37(32,35-29(5,6)7)36-30(8,9)10/h15-19,31H,2,11-14,20H2,1,3-10H3. The maximum atomic E-state index is 13.5. The van der Waals surface area contributed by atoms with E-state index >= 15 is 0 Å². The Morgan fingerprint density at radius 2 is 1.62 bits per heavy atom. The molecule has 2 aromatic carbocycles. The number of phenols is 1. The first kappa shape index (κ1) is 31.1. The number of ether oxygens (including phenoxy) is 1. The monoisotopic (exact) mass is 532 g/mol. The molecule has 0 atom stereocenters. The van der Waals surface area contributed by atoms with E-state index in [1.807, 2.05) is 38.1 Å². The van der Waals surface area contributed by atoms with Gasteiger partial charge in [-0.05, 0) is 97.1 Å².